The first-order valence-corrected chi connectivity index (χ1v) is 6.85. The minimum atomic E-state index is -0.278. The quantitative estimate of drug-likeness (QED) is 0.939. The van der Waals surface area contributed by atoms with Gasteiger partial charge in [-0.15, -0.1) is 5.10 Å². The van der Waals surface area contributed by atoms with Crippen LogP contribution in [0.2, 0.25) is 0 Å². The molecule has 19 heavy (non-hydrogen) atoms. The lowest BCUT2D eigenvalue weighted by Crippen LogP contribution is -2.21. The van der Waals surface area contributed by atoms with E-state index in [9.17, 15) is 4.39 Å². The summed E-state index contributed by atoms with van der Waals surface area (Å²) in [5.74, 6) is -0.278. The molecule has 2 aromatic rings. The number of benzene rings is 1. The van der Waals surface area contributed by atoms with E-state index in [0.717, 1.165) is 5.56 Å². The summed E-state index contributed by atoms with van der Waals surface area (Å²) in [6.07, 6.45) is 0. The van der Waals surface area contributed by atoms with Gasteiger partial charge < -0.3 is 5.32 Å². The van der Waals surface area contributed by atoms with Gasteiger partial charge in [-0.05, 0) is 33.6 Å². The van der Waals surface area contributed by atoms with Crippen LogP contribution in [0.5, 0.6) is 0 Å². The minimum Gasteiger partial charge on any atom is -0.310 e. The topological polar surface area (TPSA) is 42.7 Å². The first-order chi connectivity index (χ1) is 8.99. The van der Waals surface area contributed by atoms with Crippen LogP contribution >= 0.6 is 15.9 Å². The van der Waals surface area contributed by atoms with Gasteiger partial charge in [0.15, 0.2) is 4.60 Å². The molecule has 0 bridgehead atoms. The van der Waals surface area contributed by atoms with Crippen molar-refractivity contribution in [3.63, 3.8) is 0 Å². The maximum Gasteiger partial charge on any atom is 0.156 e. The molecule has 4 nitrogen and oxygen atoms in total. The fraction of sp³-hybridized carbons (Fsp3) is 0.385. The van der Waals surface area contributed by atoms with Crippen molar-refractivity contribution >= 4 is 15.9 Å². The van der Waals surface area contributed by atoms with Crippen LogP contribution in [-0.4, -0.2) is 21.0 Å². The second-order valence-electron chi connectivity index (χ2n) is 4.70. The number of halogens is 2. The fourth-order valence-electron chi connectivity index (χ4n) is 1.80. The number of aromatic nitrogens is 3. The van der Waals surface area contributed by atoms with Crippen LogP contribution in [0, 0.1) is 5.82 Å². The second-order valence-corrected chi connectivity index (χ2v) is 5.45. The molecule has 6 heteroatoms. The molecule has 0 aliphatic heterocycles. The third-order valence-corrected chi connectivity index (χ3v) is 3.32. The zero-order valence-corrected chi connectivity index (χ0v) is 12.7. The standard InChI is InChI=1S/C13H16BrFN4/c1-8(2)16-7-9-4-5-11(15)10(6-9)12-13(14)17-18-19(12)3/h4-6,8,16H,7H2,1-3H3. The van der Waals surface area contributed by atoms with Crippen LogP contribution in [-0.2, 0) is 13.6 Å². The number of hydrogen-bond donors (Lipinski definition) is 1. The minimum absolute atomic E-state index is 0.278. The predicted octanol–water partition coefficient (Wildman–Crippen LogP) is 2.88. The van der Waals surface area contributed by atoms with Crippen LogP contribution < -0.4 is 5.32 Å². The van der Waals surface area contributed by atoms with E-state index >= 15 is 0 Å². The number of nitrogens with one attached hydrogen (secondary N) is 1. The normalized spacial score (nSPS) is 11.3. The number of nitrogens with zero attached hydrogens (tertiary/aromatic N) is 3. The largest absolute Gasteiger partial charge is 0.310 e. The summed E-state index contributed by atoms with van der Waals surface area (Å²) in [6, 6.07) is 5.48. The first kappa shape index (κ1) is 14.1. The molecule has 0 spiro atoms. The van der Waals surface area contributed by atoms with Crippen molar-refractivity contribution in [3.05, 3.63) is 34.2 Å². The highest BCUT2D eigenvalue weighted by Gasteiger charge is 2.15. The van der Waals surface area contributed by atoms with Crippen LogP contribution in [0.15, 0.2) is 22.8 Å². The first-order valence-electron chi connectivity index (χ1n) is 6.06. The lowest BCUT2D eigenvalue weighted by molar-refractivity contribution is 0.586. The maximum atomic E-state index is 14.0. The Morgan fingerprint density at radius 3 is 2.74 bits per heavy atom. The molecule has 1 heterocycles. The van der Waals surface area contributed by atoms with Gasteiger partial charge in [-0.2, -0.15) is 0 Å². The molecule has 0 unspecified atom stereocenters. The summed E-state index contributed by atoms with van der Waals surface area (Å²) >= 11 is 3.30. The van der Waals surface area contributed by atoms with E-state index in [1.165, 1.54) is 6.07 Å². The fourth-order valence-corrected chi connectivity index (χ4v) is 2.34. The SMILES string of the molecule is CC(C)NCc1ccc(F)c(-c2c(Br)nnn2C)c1. The molecule has 0 amide bonds. The van der Waals surface area contributed by atoms with Gasteiger partial charge in [0, 0.05) is 25.2 Å². The van der Waals surface area contributed by atoms with E-state index in [-0.39, 0.29) is 5.82 Å². The van der Waals surface area contributed by atoms with E-state index in [1.807, 2.05) is 6.07 Å². The smallest absolute Gasteiger partial charge is 0.156 e. The average Bonchev–Trinajstić information content (AvgIpc) is 2.68. The molecule has 1 N–H and O–H groups in total. The Morgan fingerprint density at radius 2 is 2.16 bits per heavy atom. The van der Waals surface area contributed by atoms with Crippen LogP contribution in [0.4, 0.5) is 4.39 Å². The van der Waals surface area contributed by atoms with Crippen molar-refractivity contribution in [1.29, 1.82) is 0 Å². The Labute approximate surface area is 120 Å². The van der Waals surface area contributed by atoms with Gasteiger partial charge in [-0.25, -0.2) is 9.07 Å². The lowest BCUT2D eigenvalue weighted by Gasteiger charge is -2.10. The average molecular weight is 327 g/mol. The zero-order chi connectivity index (χ0) is 14.0. The number of aryl methyl sites for hydroxylation is 1. The Hall–Kier alpha value is -1.27. The van der Waals surface area contributed by atoms with Gasteiger partial charge in [0.1, 0.15) is 11.5 Å². The second kappa shape index (κ2) is 5.79. The third-order valence-electron chi connectivity index (χ3n) is 2.79. The molecule has 1 aromatic heterocycles. The summed E-state index contributed by atoms with van der Waals surface area (Å²) in [5, 5.41) is 11.1. The van der Waals surface area contributed by atoms with E-state index in [1.54, 1.807) is 17.8 Å². The lowest BCUT2D eigenvalue weighted by atomic mass is 10.1. The third kappa shape index (κ3) is 3.19. The molecule has 1 aromatic carbocycles. The van der Waals surface area contributed by atoms with E-state index in [0.29, 0.717) is 28.4 Å². The van der Waals surface area contributed by atoms with Gasteiger partial charge in [0.25, 0.3) is 0 Å². The Kier molecular flexibility index (Phi) is 4.31. The van der Waals surface area contributed by atoms with Crippen LogP contribution in [0.1, 0.15) is 19.4 Å². The highest BCUT2D eigenvalue weighted by atomic mass is 79.9. The Balaban J connectivity index is 2.37. The Morgan fingerprint density at radius 1 is 1.42 bits per heavy atom. The molecule has 0 aliphatic carbocycles. The highest BCUT2D eigenvalue weighted by Crippen LogP contribution is 2.28. The molecule has 0 saturated carbocycles. The van der Waals surface area contributed by atoms with Crippen LogP contribution in [0.3, 0.4) is 0 Å². The van der Waals surface area contributed by atoms with Crippen molar-refractivity contribution in [2.24, 2.45) is 7.05 Å². The summed E-state index contributed by atoms with van der Waals surface area (Å²) in [6.45, 7) is 4.85. The summed E-state index contributed by atoms with van der Waals surface area (Å²) in [5.41, 5.74) is 2.17. The zero-order valence-electron chi connectivity index (χ0n) is 11.1. The van der Waals surface area contributed by atoms with Crippen molar-refractivity contribution in [2.75, 3.05) is 0 Å². The summed E-state index contributed by atoms with van der Waals surface area (Å²) < 4.78 is 16.1. The molecule has 0 radical (unpaired) electrons. The molecule has 0 atom stereocenters. The van der Waals surface area contributed by atoms with Crippen molar-refractivity contribution in [1.82, 2.24) is 20.3 Å². The molecule has 0 fully saturated rings. The highest BCUT2D eigenvalue weighted by molar-refractivity contribution is 9.10. The van der Waals surface area contributed by atoms with Crippen molar-refractivity contribution < 1.29 is 4.39 Å². The monoisotopic (exact) mass is 326 g/mol. The van der Waals surface area contributed by atoms with Gasteiger partial charge >= 0.3 is 0 Å². The van der Waals surface area contributed by atoms with Gasteiger partial charge in [-0.3, -0.25) is 0 Å². The van der Waals surface area contributed by atoms with Gasteiger partial charge in [0.2, 0.25) is 0 Å². The number of rotatable bonds is 4. The van der Waals surface area contributed by atoms with Crippen molar-refractivity contribution in [2.45, 2.75) is 26.4 Å². The van der Waals surface area contributed by atoms with Crippen molar-refractivity contribution in [3.8, 4) is 11.3 Å². The molecule has 2 rings (SSSR count). The van der Waals surface area contributed by atoms with E-state index in [2.05, 4.69) is 45.4 Å². The predicted molar refractivity (Wildman–Crippen MR) is 76.1 cm³/mol. The molecule has 0 saturated heterocycles. The molecule has 102 valence electrons. The van der Waals surface area contributed by atoms with E-state index < -0.39 is 0 Å². The van der Waals surface area contributed by atoms with E-state index in [4.69, 9.17) is 0 Å². The molecular formula is C13H16BrFN4. The van der Waals surface area contributed by atoms with Crippen LogP contribution in [0.25, 0.3) is 11.3 Å². The summed E-state index contributed by atoms with van der Waals surface area (Å²) in [4.78, 5) is 0. The van der Waals surface area contributed by atoms with Gasteiger partial charge in [-0.1, -0.05) is 25.1 Å². The Bertz CT molecular complexity index is 561. The number of hydrogen-bond acceptors (Lipinski definition) is 3. The maximum absolute atomic E-state index is 14.0. The summed E-state index contributed by atoms with van der Waals surface area (Å²) in [7, 11) is 1.74. The molecular weight excluding hydrogens is 311 g/mol. The molecule has 0 aliphatic rings. The van der Waals surface area contributed by atoms with Gasteiger partial charge in [0.05, 0.1) is 0 Å².